The number of rotatable bonds is 10. The van der Waals surface area contributed by atoms with Gasteiger partial charge in [-0.3, -0.25) is 14.4 Å². The van der Waals surface area contributed by atoms with E-state index in [0.717, 1.165) is 0 Å². The first-order chi connectivity index (χ1) is 11.6. The third-order valence-electron chi connectivity index (χ3n) is 2.56. The first-order valence-corrected chi connectivity index (χ1v) is 6.32. The van der Waals surface area contributed by atoms with Gasteiger partial charge in [0.2, 0.25) is 0 Å². The fourth-order valence-electron chi connectivity index (χ4n) is 1.42. The molecular formula is C12H21NaO17. The summed E-state index contributed by atoms with van der Waals surface area (Å²) in [5, 5.41) is 69.3. The van der Waals surface area contributed by atoms with E-state index >= 15 is 0 Å². The van der Waals surface area contributed by atoms with Gasteiger partial charge in [-0.15, -0.1) is 0 Å². The van der Waals surface area contributed by atoms with Gasteiger partial charge >= 0.3 is 59.4 Å². The topological polar surface area (TPSA) is 362 Å². The van der Waals surface area contributed by atoms with Crippen LogP contribution in [0.25, 0.3) is 0 Å². The normalized spacial score (nSPS) is 11.0. The van der Waals surface area contributed by atoms with Gasteiger partial charge in [0.15, 0.2) is 11.2 Å². The van der Waals surface area contributed by atoms with E-state index in [4.69, 9.17) is 35.7 Å². The zero-order chi connectivity index (χ0) is 21.3. The molecule has 0 heterocycles. The molecule has 0 aliphatic carbocycles. The first kappa shape index (κ1) is 41.9. The minimum absolute atomic E-state index is 0. The Morgan fingerprint density at radius 2 is 0.767 bits per heavy atom. The Morgan fingerprint density at radius 3 is 0.900 bits per heavy atom. The summed E-state index contributed by atoms with van der Waals surface area (Å²) < 4.78 is 0. The van der Waals surface area contributed by atoms with Crippen LogP contribution in [-0.2, 0) is 28.8 Å². The van der Waals surface area contributed by atoms with Gasteiger partial charge in [-0.1, -0.05) is 0 Å². The molecule has 13 N–H and O–H groups in total. The van der Waals surface area contributed by atoms with Crippen molar-refractivity contribution < 1.29 is 116 Å². The van der Waals surface area contributed by atoms with Crippen molar-refractivity contribution in [3.8, 4) is 0 Å². The maximum absolute atomic E-state index is 10.3. The molecule has 0 aromatic rings. The third kappa shape index (κ3) is 17.7. The number of carboxylic acids is 6. The van der Waals surface area contributed by atoms with E-state index in [1.807, 2.05) is 0 Å². The Morgan fingerprint density at radius 1 is 0.567 bits per heavy atom. The molecule has 30 heavy (non-hydrogen) atoms. The van der Waals surface area contributed by atoms with E-state index in [2.05, 4.69) is 0 Å². The van der Waals surface area contributed by atoms with Crippen LogP contribution in [0.3, 0.4) is 0 Å². The van der Waals surface area contributed by atoms with Crippen LogP contribution >= 0.6 is 0 Å². The molecule has 0 aromatic carbocycles. The molecule has 1 unspecified atom stereocenters. The predicted octanol–water partition coefficient (Wildman–Crippen LogP) is -9.30. The number of carboxylic acid groups (broad SMARTS) is 6. The van der Waals surface area contributed by atoms with E-state index in [1.165, 1.54) is 0 Å². The summed E-state index contributed by atoms with van der Waals surface area (Å²) in [4.78, 5) is 60.8. The molecule has 17 nitrogen and oxygen atoms in total. The van der Waals surface area contributed by atoms with Crippen LogP contribution in [-0.4, -0.2) is 99.2 Å². The summed E-state index contributed by atoms with van der Waals surface area (Å²) in [6.07, 6.45) is -4.73. The number of hydrogen-bond acceptors (Lipinski definition) is 9. The fraction of sp³-hybridized carbons (Fsp3) is 0.500. The van der Waals surface area contributed by atoms with Crippen LogP contribution in [0.15, 0.2) is 0 Å². The van der Waals surface area contributed by atoms with Crippen molar-refractivity contribution in [2.24, 2.45) is 0 Å². The van der Waals surface area contributed by atoms with Gasteiger partial charge in [0.05, 0.1) is 19.3 Å². The van der Waals surface area contributed by atoms with Crippen molar-refractivity contribution in [2.75, 3.05) is 0 Å². The summed E-state index contributed by atoms with van der Waals surface area (Å²) in [6.45, 7) is 0. The van der Waals surface area contributed by atoms with Crippen molar-refractivity contribution in [3.63, 3.8) is 0 Å². The monoisotopic (exact) mass is 460 g/mol. The summed E-state index contributed by atoms with van der Waals surface area (Å²) in [5.74, 6) is -10.4. The zero-order valence-electron chi connectivity index (χ0n) is 15.3. The van der Waals surface area contributed by atoms with Gasteiger partial charge in [-0.25, -0.2) is 9.59 Å². The zero-order valence-corrected chi connectivity index (χ0v) is 17.3. The molecule has 0 aliphatic rings. The minimum atomic E-state index is -2.80. The second-order valence-corrected chi connectivity index (χ2v) is 4.93. The van der Waals surface area contributed by atoms with Gasteiger partial charge in [-0.2, -0.15) is 0 Å². The van der Waals surface area contributed by atoms with Gasteiger partial charge in [0, 0.05) is 12.4 Å². The molecule has 0 rings (SSSR count). The fourth-order valence-corrected chi connectivity index (χ4v) is 1.42. The molecule has 1 atom stereocenters. The number of hydrogen-bond donors (Lipinski definition) is 7. The number of carbonyl (C=O) groups excluding carboxylic acids is 1. The smallest absolute Gasteiger partial charge is 0.550 e. The van der Waals surface area contributed by atoms with Crippen LogP contribution in [0.5, 0.6) is 0 Å². The van der Waals surface area contributed by atoms with E-state index in [-0.39, 0.29) is 46.0 Å². The number of aliphatic carboxylic acids is 6. The van der Waals surface area contributed by atoms with Crippen molar-refractivity contribution in [1.82, 2.24) is 0 Å². The molecule has 172 valence electrons. The van der Waals surface area contributed by atoms with Gasteiger partial charge < -0.3 is 62.1 Å². The molecule has 0 saturated heterocycles. The molecule has 0 amide bonds. The molecule has 0 bridgehead atoms. The second-order valence-electron chi connectivity index (χ2n) is 4.93. The molecule has 0 saturated carbocycles. The maximum atomic E-state index is 10.3. The molecule has 0 radical (unpaired) electrons. The van der Waals surface area contributed by atoms with Crippen molar-refractivity contribution in [1.29, 1.82) is 0 Å². The van der Waals surface area contributed by atoms with Gasteiger partial charge in [0.1, 0.15) is 0 Å². The molecule has 18 heteroatoms. The van der Waals surface area contributed by atoms with E-state index in [9.17, 15) is 33.9 Å². The van der Waals surface area contributed by atoms with Crippen molar-refractivity contribution in [2.45, 2.75) is 36.9 Å². The third-order valence-corrected chi connectivity index (χ3v) is 2.56. The Bertz CT molecular complexity index is 516. The van der Waals surface area contributed by atoms with E-state index in [1.54, 1.807) is 0 Å². The Kier molecular flexibility index (Phi) is 24.4. The van der Waals surface area contributed by atoms with Gasteiger partial charge in [0.25, 0.3) is 0 Å². The summed E-state index contributed by atoms with van der Waals surface area (Å²) in [5.41, 5.74) is -5.54. The summed E-state index contributed by atoms with van der Waals surface area (Å²) in [7, 11) is 0. The largest absolute Gasteiger partial charge is 1.00 e. The molecule has 0 spiro atoms. The van der Waals surface area contributed by atoms with Gasteiger partial charge in [-0.05, 0) is 0 Å². The van der Waals surface area contributed by atoms with Crippen LogP contribution in [0.4, 0.5) is 0 Å². The number of aliphatic hydroxyl groups is 2. The average Bonchev–Trinajstić information content (AvgIpc) is 2.34. The number of carbonyl (C=O) groups is 6. The van der Waals surface area contributed by atoms with Crippen LogP contribution in [0.2, 0.25) is 0 Å². The second kappa shape index (κ2) is 17.5. The summed E-state index contributed by atoms with van der Waals surface area (Å²) >= 11 is 0. The van der Waals surface area contributed by atoms with Crippen LogP contribution in [0.1, 0.15) is 25.7 Å². The van der Waals surface area contributed by atoms with Crippen LogP contribution < -0.4 is 34.7 Å². The maximum Gasteiger partial charge on any atom is 1.00 e. The van der Waals surface area contributed by atoms with E-state index < -0.39 is 72.7 Å². The Hall–Kier alpha value is -2.38. The Labute approximate surface area is 188 Å². The predicted molar refractivity (Wildman–Crippen MR) is 82.4 cm³/mol. The molecule has 0 aliphatic heterocycles. The molecular weight excluding hydrogens is 439 g/mol. The van der Waals surface area contributed by atoms with Crippen molar-refractivity contribution >= 4 is 35.8 Å². The standard InChI is InChI=1S/2C6H8O7.Na.3H2O/c2*7-3(8)1-6(13,5(11)12)2-4(9)10;;;;/h2*13H,1-2H2,(H,7,8)(H,9,10)(H,11,12);;3*1H2/q;;+1;;;/p-1. The first-order valence-electron chi connectivity index (χ1n) is 6.32. The SMILES string of the molecule is O.O.O.O=C(O)CC(O)(CC(=O)O)C(=O)O.O=C([O-])CC(O)(CC(=O)O)C(=O)O.[Na+]. The van der Waals surface area contributed by atoms with Crippen LogP contribution in [0, 0.1) is 0 Å². The van der Waals surface area contributed by atoms with Crippen molar-refractivity contribution in [3.05, 3.63) is 0 Å². The average molecular weight is 460 g/mol. The molecule has 0 fully saturated rings. The summed E-state index contributed by atoms with van der Waals surface area (Å²) in [6, 6.07) is 0. The Balaban J connectivity index is -0.0000000847. The minimum Gasteiger partial charge on any atom is -0.550 e. The van der Waals surface area contributed by atoms with E-state index in [0.29, 0.717) is 0 Å². The molecule has 0 aromatic heterocycles. The quantitative estimate of drug-likeness (QED) is 0.149.